The van der Waals surface area contributed by atoms with Crippen LogP contribution in [0.5, 0.6) is 17.2 Å². The number of benzene rings is 4. The Bertz CT molecular complexity index is 2070. The number of hydrogen-bond acceptors (Lipinski definition) is 10. The van der Waals surface area contributed by atoms with E-state index in [0.29, 0.717) is 50.2 Å². The van der Waals surface area contributed by atoms with E-state index in [1.807, 2.05) is 103 Å². The van der Waals surface area contributed by atoms with Crippen molar-refractivity contribution in [1.29, 1.82) is 0 Å². The Balaban J connectivity index is 0.000000758. The van der Waals surface area contributed by atoms with E-state index in [0.717, 1.165) is 34.1 Å². The second kappa shape index (κ2) is 32.8. The summed E-state index contributed by atoms with van der Waals surface area (Å²) in [6.45, 7) is 24.3. The van der Waals surface area contributed by atoms with Crippen molar-refractivity contribution in [1.82, 2.24) is 0 Å². The van der Waals surface area contributed by atoms with Gasteiger partial charge in [0, 0.05) is 24.6 Å². The third-order valence-electron chi connectivity index (χ3n) is 7.52. The maximum Gasteiger partial charge on any atom is 0.165 e. The van der Waals surface area contributed by atoms with Gasteiger partial charge in [0.15, 0.2) is 28.9 Å². The van der Waals surface area contributed by atoms with Crippen molar-refractivity contribution in [2.45, 2.75) is 59.8 Å². The summed E-state index contributed by atoms with van der Waals surface area (Å²) in [5, 5.41) is 2.21. The topological polar surface area (TPSA) is 147 Å². The highest BCUT2D eigenvalue weighted by molar-refractivity contribution is 6.06. The van der Waals surface area contributed by atoms with Crippen molar-refractivity contribution in [3.05, 3.63) is 165 Å². The van der Waals surface area contributed by atoms with Crippen LogP contribution in [0.15, 0.2) is 165 Å². The first kappa shape index (κ1) is 53.9. The quantitative estimate of drug-likeness (QED) is 0.0587. The van der Waals surface area contributed by atoms with Crippen LogP contribution in [0.25, 0.3) is 10.8 Å². The zero-order valence-electron chi connectivity index (χ0n) is 35.8. The average molecular weight is 831 g/mol. The summed E-state index contributed by atoms with van der Waals surface area (Å²) in [5.74, 6) is 1.88. The highest BCUT2D eigenvalue weighted by atomic mass is 16.5. The highest BCUT2D eigenvalue weighted by Gasteiger charge is 2.05. The lowest BCUT2D eigenvalue weighted by Gasteiger charge is -2.08. The maximum absolute atomic E-state index is 11.2. The lowest BCUT2D eigenvalue weighted by atomic mass is 10.1. The lowest BCUT2D eigenvalue weighted by molar-refractivity contribution is -0.125. The normalized spacial score (nSPS) is 9.31. The molecule has 0 bridgehead atoms. The number of carbonyl (C=O) groups excluding carboxylic acids is 7. The molecule has 0 saturated carbocycles. The van der Waals surface area contributed by atoms with Crippen LogP contribution in [0.1, 0.15) is 59.8 Å². The van der Waals surface area contributed by atoms with E-state index < -0.39 is 0 Å². The van der Waals surface area contributed by atoms with Crippen LogP contribution >= 0.6 is 0 Å². The Hall–Kier alpha value is -7.07. The number of ether oxygens (including phenoxy) is 3. The van der Waals surface area contributed by atoms with E-state index in [9.17, 15) is 33.6 Å². The predicted molar refractivity (Wildman–Crippen MR) is 243 cm³/mol. The van der Waals surface area contributed by atoms with Crippen molar-refractivity contribution in [3.8, 4) is 17.2 Å². The number of Topliss-reactive ketones (excluding diaryl/α,β-unsaturated/α-hetero) is 4. The fraction of sp³-hybridized carbons (Fsp3) is 0.235. The largest absolute Gasteiger partial charge is 0.493 e. The van der Waals surface area contributed by atoms with Crippen molar-refractivity contribution < 1.29 is 47.8 Å². The average Bonchev–Trinajstić information content (AvgIpc) is 3.24. The molecule has 0 unspecified atom stereocenters. The third kappa shape index (κ3) is 28.1. The van der Waals surface area contributed by atoms with Gasteiger partial charge in [-0.3, -0.25) is 33.6 Å². The minimum absolute atomic E-state index is 0.00463. The van der Waals surface area contributed by atoms with Gasteiger partial charge in [-0.05, 0) is 92.8 Å². The molecule has 0 aliphatic heterocycles. The molecule has 0 N–H and O–H groups in total. The molecule has 4 aromatic rings. The molecule has 0 heterocycles. The molecule has 0 spiro atoms. The SMILES string of the molecule is C=C(C)C(=O)CC(C)=O.C=C(C)C(=O)CCOc1ccccc1.C=CC(=O)CC(C)=O.C=CC(=O)CCOc1cccc2ccccc12.C=CC(=O)CCOc1ccccc1. The van der Waals surface area contributed by atoms with Gasteiger partial charge in [-0.2, -0.15) is 0 Å². The zero-order valence-corrected chi connectivity index (χ0v) is 35.8. The molecular weight excluding hydrogens is 773 g/mol. The Kier molecular flexibility index (Phi) is 29.0. The van der Waals surface area contributed by atoms with E-state index in [1.54, 1.807) is 13.8 Å². The Morgan fingerprint density at radius 3 is 1.28 bits per heavy atom. The molecule has 0 aliphatic rings. The van der Waals surface area contributed by atoms with E-state index in [4.69, 9.17) is 14.2 Å². The molecule has 0 saturated heterocycles. The van der Waals surface area contributed by atoms with Crippen LogP contribution in [-0.4, -0.2) is 60.3 Å². The molecule has 0 aromatic heterocycles. The first-order valence-corrected chi connectivity index (χ1v) is 19.3. The van der Waals surface area contributed by atoms with E-state index >= 15 is 0 Å². The zero-order chi connectivity index (χ0) is 46.0. The van der Waals surface area contributed by atoms with Crippen LogP contribution in [0.2, 0.25) is 0 Å². The number of ketones is 7. The molecule has 61 heavy (non-hydrogen) atoms. The highest BCUT2D eigenvalue weighted by Crippen LogP contribution is 2.25. The maximum atomic E-state index is 11.2. The Morgan fingerprint density at radius 1 is 0.459 bits per heavy atom. The van der Waals surface area contributed by atoms with Gasteiger partial charge in [-0.15, -0.1) is 0 Å². The summed E-state index contributed by atoms with van der Waals surface area (Å²) in [4.78, 5) is 74.4. The van der Waals surface area contributed by atoms with Gasteiger partial charge in [0.1, 0.15) is 28.8 Å². The van der Waals surface area contributed by atoms with E-state index in [-0.39, 0.29) is 53.3 Å². The van der Waals surface area contributed by atoms with Gasteiger partial charge < -0.3 is 14.2 Å². The molecule has 0 radical (unpaired) electrons. The fourth-order valence-corrected chi connectivity index (χ4v) is 4.26. The van der Waals surface area contributed by atoms with Crippen molar-refractivity contribution in [2.24, 2.45) is 0 Å². The van der Waals surface area contributed by atoms with Gasteiger partial charge in [0.2, 0.25) is 0 Å². The number of fused-ring (bicyclic) bond motifs is 1. The number of para-hydroxylation sites is 2. The summed E-state index contributed by atoms with van der Waals surface area (Å²) in [5.41, 5.74) is 1.03. The van der Waals surface area contributed by atoms with Gasteiger partial charge >= 0.3 is 0 Å². The van der Waals surface area contributed by atoms with Gasteiger partial charge in [0.25, 0.3) is 0 Å². The molecular formula is C51H58O10. The van der Waals surface area contributed by atoms with Crippen LogP contribution in [-0.2, 0) is 33.6 Å². The monoisotopic (exact) mass is 830 g/mol. The van der Waals surface area contributed by atoms with E-state index in [2.05, 4.69) is 32.9 Å². The smallest absolute Gasteiger partial charge is 0.165 e. The molecule has 10 nitrogen and oxygen atoms in total. The summed E-state index contributed by atoms with van der Waals surface area (Å²) in [6.07, 6.45) is 4.93. The molecule has 10 heteroatoms. The first-order chi connectivity index (χ1) is 29.0. The second-order valence-electron chi connectivity index (χ2n) is 13.1. The second-order valence-corrected chi connectivity index (χ2v) is 13.1. The van der Waals surface area contributed by atoms with Crippen molar-refractivity contribution in [2.75, 3.05) is 19.8 Å². The summed E-state index contributed by atoms with van der Waals surface area (Å²) >= 11 is 0. The third-order valence-corrected chi connectivity index (χ3v) is 7.52. The van der Waals surface area contributed by atoms with Gasteiger partial charge in [0.05, 0.1) is 32.7 Å². The number of allylic oxidation sites excluding steroid dienone is 5. The lowest BCUT2D eigenvalue weighted by Crippen LogP contribution is -2.06. The fourth-order valence-electron chi connectivity index (χ4n) is 4.26. The summed E-state index contributed by atoms with van der Waals surface area (Å²) in [7, 11) is 0. The predicted octanol–water partition coefficient (Wildman–Crippen LogP) is 10.0. The van der Waals surface area contributed by atoms with Crippen LogP contribution in [0.3, 0.4) is 0 Å². The number of rotatable bonds is 21. The Labute approximate surface area is 360 Å². The van der Waals surface area contributed by atoms with Crippen LogP contribution < -0.4 is 14.2 Å². The molecule has 0 atom stereocenters. The van der Waals surface area contributed by atoms with E-state index in [1.165, 1.54) is 26.0 Å². The molecule has 4 rings (SSSR count). The van der Waals surface area contributed by atoms with Gasteiger partial charge in [-0.1, -0.05) is 106 Å². The van der Waals surface area contributed by atoms with Crippen LogP contribution in [0, 0.1) is 0 Å². The number of hydrogen-bond donors (Lipinski definition) is 0. The number of carbonyl (C=O) groups is 7. The molecule has 0 amide bonds. The molecule has 0 fully saturated rings. The Morgan fingerprint density at radius 2 is 0.869 bits per heavy atom. The minimum atomic E-state index is -0.211. The molecule has 4 aromatic carbocycles. The molecule has 0 aliphatic carbocycles. The van der Waals surface area contributed by atoms with Gasteiger partial charge in [-0.25, -0.2) is 0 Å². The van der Waals surface area contributed by atoms with Crippen molar-refractivity contribution >= 4 is 51.3 Å². The minimum Gasteiger partial charge on any atom is -0.493 e. The molecule has 322 valence electrons. The summed E-state index contributed by atoms with van der Waals surface area (Å²) in [6, 6.07) is 32.8. The van der Waals surface area contributed by atoms with Crippen molar-refractivity contribution in [3.63, 3.8) is 0 Å². The summed E-state index contributed by atoms with van der Waals surface area (Å²) < 4.78 is 16.3. The first-order valence-electron chi connectivity index (χ1n) is 19.3. The van der Waals surface area contributed by atoms with Crippen LogP contribution in [0.4, 0.5) is 0 Å². The standard InChI is InChI=1S/C15H14O2.C12H14O2.C11H12O2.C7H10O2.C6H8O2/c1-2-13(16)10-11-17-15-9-5-7-12-6-3-4-8-14(12)15;1-10(2)12(13)8-9-14-11-6-4-3-5-7-11;1-2-10(12)8-9-13-11-6-4-3-5-7-11;1-5(2)7(9)4-6(3)8;1-3-6(8)4-5(2)7/h2-9H,1,10-11H2;3-7H,1,8-9H2,2H3;2-7H,1,8-9H2;1,4H2,2-3H3;3H,1,4H2,2H3.